The molecule has 1 aromatic rings. The number of benzene rings is 1. The third-order valence-corrected chi connectivity index (χ3v) is 4.71. The van der Waals surface area contributed by atoms with Crippen LogP contribution < -0.4 is 10.2 Å². The summed E-state index contributed by atoms with van der Waals surface area (Å²) in [4.78, 5) is 4.39. The van der Waals surface area contributed by atoms with Gasteiger partial charge in [-0.25, -0.2) is 8.78 Å². The number of piperazine rings is 1. The van der Waals surface area contributed by atoms with Crippen molar-refractivity contribution in [1.29, 1.82) is 0 Å². The quantitative estimate of drug-likeness (QED) is 0.918. The highest BCUT2D eigenvalue weighted by Crippen LogP contribution is 2.27. The Morgan fingerprint density at radius 1 is 1.18 bits per heavy atom. The summed E-state index contributed by atoms with van der Waals surface area (Å²) in [5.74, 6) is -1.49. The molecule has 2 heterocycles. The summed E-state index contributed by atoms with van der Waals surface area (Å²) in [5, 5.41) is 3.42. The van der Waals surface area contributed by atoms with Crippen LogP contribution >= 0.6 is 12.4 Å². The second kappa shape index (κ2) is 7.11. The molecule has 2 aliphatic heterocycles. The number of rotatable bonds is 3. The van der Waals surface area contributed by atoms with Gasteiger partial charge in [0.1, 0.15) is 0 Å². The van der Waals surface area contributed by atoms with Gasteiger partial charge in [0.25, 0.3) is 0 Å². The molecule has 0 radical (unpaired) electrons. The smallest absolute Gasteiger partial charge is 0.182 e. The van der Waals surface area contributed by atoms with Crippen molar-refractivity contribution in [2.75, 3.05) is 50.7 Å². The minimum absolute atomic E-state index is 0. The van der Waals surface area contributed by atoms with E-state index in [0.29, 0.717) is 11.1 Å². The number of hydrogen-bond donors (Lipinski definition) is 1. The molecule has 3 nitrogen and oxygen atoms in total. The van der Waals surface area contributed by atoms with Crippen LogP contribution in [0.1, 0.15) is 13.3 Å². The van der Waals surface area contributed by atoms with Gasteiger partial charge >= 0.3 is 0 Å². The molecule has 2 fully saturated rings. The molecule has 0 aromatic heterocycles. The Labute approximate surface area is 137 Å². The zero-order chi connectivity index (χ0) is 14.9. The second-order valence-electron chi connectivity index (χ2n) is 6.57. The van der Waals surface area contributed by atoms with Crippen molar-refractivity contribution in [3.8, 4) is 0 Å². The summed E-state index contributed by atoms with van der Waals surface area (Å²) in [6.45, 7) is 8.91. The molecule has 6 heteroatoms. The van der Waals surface area contributed by atoms with E-state index in [9.17, 15) is 8.78 Å². The lowest BCUT2D eigenvalue weighted by molar-refractivity contribution is 0.169. The highest BCUT2D eigenvalue weighted by molar-refractivity contribution is 5.85. The SMILES string of the molecule is CC1(CN2CCN(c3cccc(F)c3F)CC2)CCNC1.Cl. The van der Waals surface area contributed by atoms with Crippen LogP contribution in [-0.2, 0) is 0 Å². The van der Waals surface area contributed by atoms with Crippen molar-refractivity contribution >= 4 is 18.1 Å². The standard InChI is InChI=1S/C16H23F2N3.ClH/c1-16(5-6-19-11-16)12-20-7-9-21(10-8-20)14-4-2-3-13(17)15(14)18;/h2-4,19H,5-12H2,1H3;1H. The van der Waals surface area contributed by atoms with Crippen LogP contribution in [-0.4, -0.2) is 50.7 Å². The molecular formula is C16H24ClF2N3. The molecule has 0 saturated carbocycles. The van der Waals surface area contributed by atoms with Gasteiger partial charge in [-0.2, -0.15) is 0 Å². The molecule has 0 amide bonds. The lowest BCUT2D eigenvalue weighted by Crippen LogP contribution is -2.50. The fourth-order valence-electron chi connectivity index (χ4n) is 3.43. The van der Waals surface area contributed by atoms with Crippen LogP contribution in [0.25, 0.3) is 0 Å². The first kappa shape index (κ1) is 17.4. The Bertz CT molecular complexity index is 498. The van der Waals surface area contributed by atoms with E-state index >= 15 is 0 Å². The average molecular weight is 332 g/mol. The van der Waals surface area contributed by atoms with Crippen molar-refractivity contribution in [3.63, 3.8) is 0 Å². The van der Waals surface area contributed by atoms with Crippen LogP contribution in [0.4, 0.5) is 14.5 Å². The molecule has 1 atom stereocenters. The van der Waals surface area contributed by atoms with Crippen LogP contribution in [0.3, 0.4) is 0 Å². The van der Waals surface area contributed by atoms with Crippen LogP contribution in [0.15, 0.2) is 18.2 Å². The fourth-order valence-corrected chi connectivity index (χ4v) is 3.43. The van der Waals surface area contributed by atoms with Crippen molar-refractivity contribution < 1.29 is 8.78 Å². The van der Waals surface area contributed by atoms with Crippen LogP contribution in [0.5, 0.6) is 0 Å². The van der Waals surface area contributed by atoms with Gasteiger partial charge in [0.15, 0.2) is 11.6 Å². The Morgan fingerprint density at radius 2 is 1.91 bits per heavy atom. The molecule has 2 saturated heterocycles. The average Bonchev–Trinajstić information content (AvgIpc) is 2.89. The first-order valence-corrected chi connectivity index (χ1v) is 7.69. The molecule has 0 bridgehead atoms. The maximum atomic E-state index is 13.8. The molecule has 3 rings (SSSR count). The molecule has 1 unspecified atom stereocenters. The first-order chi connectivity index (χ1) is 10.1. The van der Waals surface area contributed by atoms with E-state index in [2.05, 4.69) is 17.1 Å². The number of nitrogens with one attached hydrogen (secondary N) is 1. The van der Waals surface area contributed by atoms with Crippen molar-refractivity contribution in [1.82, 2.24) is 10.2 Å². The van der Waals surface area contributed by atoms with E-state index in [1.807, 2.05) is 4.90 Å². The Morgan fingerprint density at radius 3 is 2.55 bits per heavy atom. The summed E-state index contributed by atoms with van der Waals surface area (Å²) >= 11 is 0. The Hall–Kier alpha value is -0.910. The lowest BCUT2D eigenvalue weighted by atomic mass is 9.89. The largest absolute Gasteiger partial charge is 0.367 e. The van der Waals surface area contributed by atoms with Crippen LogP contribution in [0.2, 0.25) is 0 Å². The van der Waals surface area contributed by atoms with E-state index < -0.39 is 11.6 Å². The zero-order valence-electron chi connectivity index (χ0n) is 12.9. The van der Waals surface area contributed by atoms with Gasteiger partial charge in [0.2, 0.25) is 0 Å². The monoisotopic (exact) mass is 331 g/mol. The molecule has 22 heavy (non-hydrogen) atoms. The van der Waals surface area contributed by atoms with Gasteiger partial charge in [-0.05, 0) is 30.5 Å². The Kier molecular flexibility index (Phi) is 5.64. The van der Waals surface area contributed by atoms with E-state index in [4.69, 9.17) is 0 Å². The summed E-state index contributed by atoms with van der Waals surface area (Å²) in [7, 11) is 0. The van der Waals surface area contributed by atoms with E-state index in [1.54, 1.807) is 12.1 Å². The van der Waals surface area contributed by atoms with E-state index in [-0.39, 0.29) is 12.4 Å². The van der Waals surface area contributed by atoms with Gasteiger partial charge in [0.05, 0.1) is 5.69 Å². The second-order valence-corrected chi connectivity index (χ2v) is 6.57. The highest BCUT2D eigenvalue weighted by Gasteiger charge is 2.32. The third kappa shape index (κ3) is 3.70. The highest BCUT2D eigenvalue weighted by atomic mass is 35.5. The number of anilines is 1. The van der Waals surface area contributed by atoms with Crippen molar-refractivity contribution in [3.05, 3.63) is 29.8 Å². The van der Waals surface area contributed by atoms with Gasteiger partial charge in [-0.15, -0.1) is 12.4 Å². The third-order valence-electron chi connectivity index (χ3n) is 4.71. The predicted molar refractivity (Wildman–Crippen MR) is 87.9 cm³/mol. The maximum Gasteiger partial charge on any atom is 0.182 e. The van der Waals surface area contributed by atoms with Gasteiger partial charge in [0, 0.05) is 39.3 Å². The molecule has 2 aliphatic rings. The number of hydrogen-bond acceptors (Lipinski definition) is 3. The van der Waals surface area contributed by atoms with Crippen molar-refractivity contribution in [2.24, 2.45) is 5.41 Å². The molecule has 124 valence electrons. The first-order valence-electron chi connectivity index (χ1n) is 7.69. The summed E-state index contributed by atoms with van der Waals surface area (Å²) in [6, 6.07) is 4.41. The summed E-state index contributed by atoms with van der Waals surface area (Å²) in [6.07, 6.45) is 1.21. The fraction of sp³-hybridized carbons (Fsp3) is 0.625. The summed E-state index contributed by atoms with van der Waals surface area (Å²) < 4.78 is 27.1. The molecule has 1 N–H and O–H groups in total. The topological polar surface area (TPSA) is 18.5 Å². The summed E-state index contributed by atoms with van der Waals surface area (Å²) in [5.41, 5.74) is 0.745. The van der Waals surface area contributed by atoms with Crippen LogP contribution in [0, 0.1) is 17.0 Å². The minimum Gasteiger partial charge on any atom is -0.367 e. The number of nitrogens with zero attached hydrogens (tertiary/aromatic N) is 2. The molecule has 0 aliphatic carbocycles. The molecule has 1 aromatic carbocycles. The number of halogens is 3. The lowest BCUT2D eigenvalue weighted by Gasteiger charge is -2.39. The molecular weight excluding hydrogens is 308 g/mol. The maximum absolute atomic E-state index is 13.8. The Balaban J connectivity index is 0.00000176. The predicted octanol–water partition coefficient (Wildman–Crippen LogP) is 2.51. The van der Waals surface area contributed by atoms with Gasteiger partial charge < -0.3 is 10.2 Å². The normalized spacial score (nSPS) is 26.0. The molecule has 0 spiro atoms. The van der Waals surface area contributed by atoms with Crippen molar-refractivity contribution in [2.45, 2.75) is 13.3 Å². The van der Waals surface area contributed by atoms with Gasteiger partial charge in [-0.1, -0.05) is 13.0 Å². The minimum atomic E-state index is -0.764. The zero-order valence-corrected chi connectivity index (χ0v) is 13.8. The van der Waals surface area contributed by atoms with E-state index in [0.717, 1.165) is 45.8 Å². The van der Waals surface area contributed by atoms with Gasteiger partial charge in [-0.3, -0.25) is 4.90 Å². The van der Waals surface area contributed by atoms with E-state index in [1.165, 1.54) is 12.5 Å².